The summed E-state index contributed by atoms with van der Waals surface area (Å²) in [6.45, 7) is 3.68. The zero-order valence-electron chi connectivity index (χ0n) is 16.2. The highest BCUT2D eigenvalue weighted by molar-refractivity contribution is 6.06. The molecule has 1 aliphatic heterocycles. The Hall–Kier alpha value is -3.78. The maximum Gasteiger partial charge on any atom is 0.336 e. The number of benzene rings is 2. The van der Waals surface area contributed by atoms with Crippen LogP contribution in [0.3, 0.4) is 0 Å². The molecule has 0 bridgehead atoms. The lowest BCUT2D eigenvalue weighted by Gasteiger charge is -2.30. The Morgan fingerprint density at radius 3 is 2.73 bits per heavy atom. The van der Waals surface area contributed by atoms with Crippen LogP contribution in [-0.2, 0) is 6.54 Å². The van der Waals surface area contributed by atoms with Gasteiger partial charge in [0.25, 0.3) is 0 Å². The number of phenols is 1. The number of likely N-dealkylation sites (N-methyl/N-ethyl adjacent to an activating group) is 1. The second-order valence-corrected chi connectivity index (χ2v) is 7.11. The molecule has 152 valence electrons. The van der Waals surface area contributed by atoms with Crippen LogP contribution in [0.4, 0.5) is 5.69 Å². The second kappa shape index (κ2) is 7.57. The summed E-state index contributed by atoms with van der Waals surface area (Å²) in [5, 5.41) is 31.4. The van der Waals surface area contributed by atoms with E-state index in [4.69, 9.17) is 4.98 Å². The average Bonchev–Trinajstić information content (AvgIpc) is 2.72. The Balaban J connectivity index is 1.96. The summed E-state index contributed by atoms with van der Waals surface area (Å²) in [6.07, 6.45) is 1.76. The molecule has 0 amide bonds. The van der Waals surface area contributed by atoms with Crippen molar-refractivity contribution in [3.8, 4) is 5.75 Å². The molecule has 8 nitrogen and oxygen atoms in total. The number of phenolic OH excluding ortho intramolecular Hbond substituents is 1. The van der Waals surface area contributed by atoms with E-state index in [2.05, 4.69) is 4.90 Å². The molecular formula is C22H19N3O5. The normalized spacial score (nSPS) is 15.3. The van der Waals surface area contributed by atoms with E-state index in [0.717, 1.165) is 5.57 Å². The summed E-state index contributed by atoms with van der Waals surface area (Å²) >= 11 is 0. The summed E-state index contributed by atoms with van der Waals surface area (Å²) in [5.74, 6) is -1.42. The molecule has 0 radical (unpaired) electrons. The number of para-hydroxylation sites is 1. The summed E-state index contributed by atoms with van der Waals surface area (Å²) < 4.78 is 0. The molecule has 3 aromatic rings. The number of nitro groups is 1. The molecule has 0 aliphatic carbocycles. The first kappa shape index (κ1) is 19.5. The molecule has 0 saturated heterocycles. The van der Waals surface area contributed by atoms with E-state index in [-0.39, 0.29) is 11.3 Å². The maximum absolute atomic E-state index is 12.1. The minimum absolute atomic E-state index is 0.233. The van der Waals surface area contributed by atoms with Crippen LogP contribution in [0.5, 0.6) is 5.75 Å². The lowest BCUT2D eigenvalue weighted by molar-refractivity contribution is -0.385. The number of aromatic hydroxyl groups is 1. The van der Waals surface area contributed by atoms with E-state index in [9.17, 15) is 25.1 Å². The fourth-order valence-corrected chi connectivity index (χ4v) is 3.83. The molecule has 1 aliphatic rings. The number of pyridine rings is 1. The highest BCUT2D eigenvalue weighted by atomic mass is 16.6. The second-order valence-electron chi connectivity index (χ2n) is 7.11. The minimum Gasteiger partial charge on any atom is -0.502 e. The molecule has 0 spiro atoms. The Morgan fingerprint density at radius 1 is 1.27 bits per heavy atom. The number of nitrogens with zero attached hydrogens (tertiary/aromatic N) is 3. The summed E-state index contributed by atoms with van der Waals surface area (Å²) in [4.78, 5) is 29.5. The maximum atomic E-state index is 12.1. The zero-order chi connectivity index (χ0) is 21.4. The third-order valence-electron chi connectivity index (χ3n) is 5.27. The summed E-state index contributed by atoms with van der Waals surface area (Å²) in [5.41, 5.74) is 2.96. The molecule has 2 heterocycles. The Kier molecular flexibility index (Phi) is 4.93. The van der Waals surface area contributed by atoms with E-state index in [1.165, 1.54) is 12.1 Å². The fourth-order valence-electron chi connectivity index (χ4n) is 3.83. The van der Waals surface area contributed by atoms with Crippen LogP contribution in [0.25, 0.3) is 22.6 Å². The lowest BCUT2D eigenvalue weighted by Crippen LogP contribution is -2.31. The smallest absolute Gasteiger partial charge is 0.336 e. The van der Waals surface area contributed by atoms with Crippen LogP contribution in [0, 0.1) is 10.1 Å². The zero-order valence-corrected chi connectivity index (χ0v) is 16.2. The Labute approximate surface area is 171 Å². The van der Waals surface area contributed by atoms with Gasteiger partial charge in [0.1, 0.15) is 0 Å². The first-order valence-electron chi connectivity index (χ1n) is 9.44. The van der Waals surface area contributed by atoms with E-state index in [1.54, 1.807) is 36.4 Å². The van der Waals surface area contributed by atoms with Gasteiger partial charge in [-0.2, -0.15) is 0 Å². The van der Waals surface area contributed by atoms with Crippen molar-refractivity contribution in [2.45, 2.75) is 13.5 Å². The van der Waals surface area contributed by atoms with Crippen LogP contribution in [0.15, 0.2) is 42.5 Å². The van der Waals surface area contributed by atoms with Crippen molar-refractivity contribution in [2.75, 3.05) is 13.1 Å². The Bertz CT molecular complexity index is 1220. The molecule has 8 heteroatoms. The molecule has 0 atom stereocenters. The van der Waals surface area contributed by atoms with Crippen molar-refractivity contribution in [1.82, 2.24) is 9.88 Å². The molecule has 2 N–H and O–H groups in total. The standard InChI is InChI=1S/C22H19N3O5/c1-2-24-11-14(9-13-7-8-19(26)18(10-13)25(29)30)21-16(12-24)20(22(27)28)15-5-3-4-6-17(15)23-21/h3-10,26H,2,11-12H2,1H3,(H,27,28)/b14-9+. The molecule has 4 rings (SSSR count). The van der Waals surface area contributed by atoms with Crippen LogP contribution in [-0.4, -0.2) is 44.1 Å². The average molecular weight is 405 g/mol. The van der Waals surface area contributed by atoms with Crippen molar-refractivity contribution in [1.29, 1.82) is 0 Å². The monoisotopic (exact) mass is 405 g/mol. The first-order chi connectivity index (χ1) is 14.4. The largest absolute Gasteiger partial charge is 0.502 e. The van der Waals surface area contributed by atoms with Crippen molar-refractivity contribution in [2.24, 2.45) is 0 Å². The SMILES string of the molecule is CCN1C/C(=C\c2ccc(O)c([N+](=O)[O-])c2)c2nc3ccccc3c(C(=O)O)c2C1. The van der Waals surface area contributed by atoms with Gasteiger partial charge in [0.05, 0.1) is 21.7 Å². The fraction of sp³-hybridized carbons (Fsp3) is 0.182. The van der Waals surface area contributed by atoms with Gasteiger partial charge in [-0.1, -0.05) is 31.2 Å². The van der Waals surface area contributed by atoms with Gasteiger partial charge in [-0.25, -0.2) is 9.78 Å². The topological polar surface area (TPSA) is 117 Å². The van der Waals surface area contributed by atoms with Gasteiger partial charge in [0.2, 0.25) is 0 Å². The number of fused-ring (bicyclic) bond motifs is 2. The molecule has 1 aromatic heterocycles. The van der Waals surface area contributed by atoms with E-state index >= 15 is 0 Å². The highest BCUT2D eigenvalue weighted by Crippen LogP contribution is 2.35. The molecule has 0 saturated carbocycles. The van der Waals surface area contributed by atoms with Gasteiger partial charge < -0.3 is 10.2 Å². The van der Waals surface area contributed by atoms with Crippen molar-refractivity contribution in [3.63, 3.8) is 0 Å². The quantitative estimate of drug-likeness (QED) is 0.499. The van der Waals surface area contributed by atoms with Crippen molar-refractivity contribution < 1.29 is 19.9 Å². The number of aromatic carboxylic acids is 1. The van der Waals surface area contributed by atoms with E-state index in [0.29, 0.717) is 47.4 Å². The van der Waals surface area contributed by atoms with Gasteiger partial charge >= 0.3 is 11.7 Å². The molecule has 0 fully saturated rings. The molecule has 30 heavy (non-hydrogen) atoms. The third kappa shape index (κ3) is 3.37. The number of hydrogen-bond acceptors (Lipinski definition) is 6. The minimum atomic E-state index is -1.01. The van der Waals surface area contributed by atoms with Crippen LogP contribution >= 0.6 is 0 Å². The number of carboxylic acid groups (broad SMARTS) is 1. The molecular weight excluding hydrogens is 386 g/mol. The van der Waals surface area contributed by atoms with Gasteiger partial charge in [-0.15, -0.1) is 0 Å². The molecule has 0 unspecified atom stereocenters. The van der Waals surface area contributed by atoms with Gasteiger partial charge in [-0.05, 0) is 35.9 Å². The number of rotatable bonds is 4. The predicted octanol–water partition coefficient (Wildman–Crippen LogP) is 3.92. The van der Waals surface area contributed by atoms with Crippen LogP contribution in [0.2, 0.25) is 0 Å². The van der Waals surface area contributed by atoms with E-state index < -0.39 is 16.6 Å². The number of carbonyl (C=O) groups is 1. The lowest BCUT2D eigenvalue weighted by atomic mass is 9.92. The van der Waals surface area contributed by atoms with E-state index in [1.807, 2.05) is 6.92 Å². The Morgan fingerprint density at radius 2 is 2.03 bits per heavy atom. The number of aromatic nitrogens is 1. The number of nitro benzene ring substituents is 1. The van der Waals surface area contributed by atoms with Crippen molar-refractivity contribution in [3.05, 3.63) is 75.0 Å². The highest BCUT2D eigenvalue weighted by Gasteiger charge is 2.28. The summed E-state index contributed by atoms with van der Waals surface area (Å²) in [6, 6.07) is 11.3. The summed E-state index contributed by atoms with van der Waals surface area (Å²) in [7, 11) is 0. The number of carboxylic acids is 1. The predicted molar refractivity (Wildman–Crippen MR) is 112 cm³/mol. The van der Waals surface area contributed by atoms with Gasteiger partial charge in [-0.3, -0.25) is 15.0 Å². The number of hydrogen-bond donors (Lipinski definition) is 2. The first-order valence-corrected chi connectivity index (χ1v) is 9.44. The van der Waals surface area contributed by atoms with Crippen molar-refractivity contribution >= 4 is 34.2 Å². The third-order valence-corrected chi connectivity index (χ3v) is 5.27. The van der Waals surface area contributed by atoms with Crippen LogP contribution in [0.1, 0.15) is 34.1 Å². The van der Waals surface area contributed by atoms with Gasteiger partial charge in [0, 0.05) is 30.1 Å². The van der Waals surface area contributed by atoms with Gasteiger partial charge in [0.15, 0.2) is 5.75 Å². The van der Waals surface area contributed by atoms with Crippen LogP contribution < -0.4 is 0 Å². The molecule has 2 aromatic carbocycles.